The van der Waals surface area contributed by atoms with Crippen molar-refractivity contribution < 1.29 is 9.53 Å². The molecule has 1 saturated heterocycles. The van der Waals surface area contributed by atoms with Crippen LogP contribution >= 0.6 is 0 Å². The van der Waals surface area contributed by atoms with Crippen molar-refractivity contribution >= 4 is 16.8 Å². The number of ether oxygens (including phenoxy) is 1. The average molecular weight is 337 g/mol. The van der Waals surface area contributed by atoms with Gasteiger partial charge in [0.15, 0.2) is 0 Å². The number of rotatable bonds is 1. The van der Waals surface area contributed by atoms with E-state index in [1.54, 1.807) is 0 Å². The number of hydrogen-bond donors (Lipinski definition) is 2. The number of aromatic amines is 1. The fourth-order valence-electron chi connectivity index (χ4n) is 4.59. The summed E-state index contributed by atoms with van der Waals surface area (Å²) in [4.78, 5) is 18.2. The third kappa shape index (κ3) is 2.34. The van der Waals surface area contributed by atoms with Crippen LogP contribution in [-0.2, 0) is 21.6 Å². The lowest BCUT2D eigenvalue weighted by atomic mass is 9.83. The van der Waals surface area contributed by atoms with Gasteiger partial charge in [-0.3, -0.25) is 10.1 Å². The van der Waals surface area contributed by atoms with Gasteiger partial charge in [0.2, 0.25) is 5.91 Å². The Morgan fingerprint density at radius 1 is 1.24 bits per heavy atom. The first-order valence-corrected chi connectivity index (χ1v) is 9.20. The molecule has 4 heterocycles. The molecule has 3 aliphatic rings. The monoisotopic (exact) mass is 337 g/mol. The minimum atomic E-state index is -0.262. The lowest BCUT2D eigenvalue weighted by molar-refractivity contribution is -0.141. The first-order chi connectivity index (χ1) is 12.3. The molecule has 5 nitrogen and oxygen atoms in total. The second-order valence-electron chi connectivity index (χ2n) is 7.26. The maximum atomic E-state index is 12.6. The molecule has 2 N–H and O–H groups in total. The van der Waals surface area contributed by atoms with Gasteiger partial charge >= 0.3 is 0 Å². The molecule has 1 spiro atoms. The number of hydrogen-bond acceptors (Lipinski definition) is 3. The van der Waals surface area contributed by atoms with E-state index in [-0.39, 0.29) is 17.6 Å². The van der Waals surface area contributed by atoms with Gasteiger partial charge in [-0.2, -0.15) is 0 Å². The SMILES string of the molecule is O=C(C1C=CCN1)N1CCC2(CC1)OCCc1c2[nH]c2ccccc12. The Kier molecular flexibility index (Phi) is 3.47. The van der Waals surface area contributed by atoms with E-state index < -0.39 is 0 Å². The number of H-pyrrole nitrogens is 1. The molecule has 1 aromatic heterocycles. The lowest BCUT2D eigenvalue weighted by Crippen LogP contribution is -2.52. The van der Waals surface area contributed by atoms with E-state index in [9.17, 15) is 4.79 Å². The highest BCUT2D eigenvalue weighted by molar-refractivity contribution is 5.86. The van der Waals surface area contributed by atoms with Crippen LogP contribution in [0.25, 0.3) is 10.9 Å². The summed E-state index contributed by atoms with van der Waals surface area (Å²) in [6.45, 7) is 3.05. The van der Waals surface area contributed by atoms with Crippen LogP contribution in [0.15, 0.2) is 36.4 Å². The summed E-state index contributed by atoms with van der Waals surface area (Å²) < 4.78 is 6.32. The van der Waals surface area contributed by atoms with Crippen molar-refractivity contribution in [1.29, 1.82) is 0 Å². The first-order valence-electron chi connectivity index (χ1n) is 9.20. The average Bonchev–Trinajstić information content (AvgIpc) is 3.31. The molecule has 0 radical (unpaired) electrons. The fourth-order valence-corrected chi connectivity index (χ4v) is 4.59. The molecule has 1 atom stereocenters. The number of nitrogens with zero attached hydrogens (tertiary/aromatic N) is 1. The van der Waals surface area contributed by atoms with Crippen molar-refractivity contribution in [2.24, 2.45) is 0 Å². The topological polar surface area (TPSA) is 57.4 Å². The van der Waals surface area contributed by atoms with Crippen molar-refractivity contribution in [3.05, 3.63) is 47.7 Å². The maximum absolute atomic E-state index is 12.6. The molecule has 3 aliphatic heterocycles. The zero-order valence-corrected chi connectivity index (χ0v) is 14.3. The number of aromatic nitrogens is 1. The van der Waals surface area contributed by atoms with Crippen LogP contribution in [0.5, 0.6) is 0 Å². The van der Waals surface area contributed by atoms with Crippen molar-refractivity contribution in [3.63, 3.8) is 0 Å². The van der Waals surface area contributed by atoms with Crippen LogP contribution in [-0.4, -0.2) is 48.1 Å². The van der Waals surface area contributed by atoms with Gasteiger partial charge in [0.25, 0.3) is 0 Å². The van der Waals surface area contributed by atoms with Crippen molar-refractivity contribution in [2.75, 3.05) is 26.2 Å². The summed E-state index contributed by atoms with van der Waals surface area (Å²) >= 11 is 0. The lowest BCUT2D eigenvalue weighted by Gasteiger charge is -2.44. The highest BCUT2D eigenvalue weighted by Gasteiger charge is 2.44. The Bertz CT molecular complexity index is 846. The third-order valence-electron chi connectivity index (χ3n) is 5.93. The van der Waals surface area contributed by atoms with E-state index in [0.29, 0.717) is 0 Å². The summed E-state index contributed by atoms with van der Waals surface area (Å²) in [7, 11) is 0. The molecule has 25 heavy (non-hydrogen) atoms. The number of carbonyl (C=O) groups is 1. The standard InChI is InChI=1S/C20H23N3O2/c24-19(17-6-3-10-21-17)23-11-8-20(9-12-23)18-15(7-13-25-20)14-4-1-2-5-16(14)22-18/h1-6,17,21-22H,7-13H2. The number of benzene rings is 1. The number of nitrogens with one attached hydrogen (secondary N) is 2. The highest BCUT2D eigenvalue weighted by atomic mass is 16.5. The molecule has 1 amide bonds. The molecule has 0 aliphatic carbocycles. The summed E-state index contributed by atoms with van der Waals surface area (Å²) in [6.07, 6.45) is 6.67. The third-order valence-corrected chi connectivity index (χ3v) is 5.93. The molecule has 2 aromatic rings. The molecule has 1 aromatic carbocycles. The molecule has 1 unspecified atom stereocenters. The second kappa shape index (κ2) is 5.71. The minimum absolute atomic E-state index is 0.148. The van der Waals surface area contributed by atoms with Crippen LogP contribution in [0.2, 0.25) is 0 Å². The van der Waals surface area contributed by atoms with E-state index in [2.05, 4.69) is 34.6 Å². The molecule has 130 valence electrons. The Balaban J connectivity index is 1.41. The number of fused-ring (bicyclic) bond motifs is 4. The zero-order chi connectivity index (χ0) is 16.9. The molecular weight excluding hydrogens is 314 g/mol. The molecule has 0 saturated carbocycles. The molecule has 5 rings (SSSR count). The number of carbonyl (C=O) groups excluding carboxylic acids is 1. The van der Waals surface area contributed by atoms with Crippen LogP contribution in [0, 0.1) is 0 Å². The van der Waals surface area contributed by atoms with Crippen LogP contribution in [0.4, 0.5) is 0 Å². The van der Waals surface area contributed by atoms with E-state index in [1.165, 1.54) is 22.2 Å². The maximum Gasteiger partial charge on any atom is 0.243 e. The predicted molar refractivity (Wildman–Crippen MR) is 96.4 cm³/mol. The molecular formula is C20H23N3O2. The normalized spacial score (nSPS) is 24.8. The number of likely N-dealkylation sites (tertiary alicyclic amines) is 1. The van der Waals surface area contributed by atoms with Gasteiger partial charge in [-0.05, 0) is 30.9 Å². The van der Waals surface area contributed by atoms with Gasteiger partial charge in [0.1, 0.15) is 11.6 Å². The fraction of sp³-hybridized carbons (Fsp3) is 0.450. The van der Waals surface area contributed by atoms with Gasteiger partial charge in [-0.1, -0.05) is 30.4 Å². The predicted octanol–water partition coefficient (Wildman–Crippen LogP) is 2.09. The van der Waals surface area contributed by atoms with E-state index in [0.717, 1.165) is 45.5 Å². The van der Waals surface area contributed by atoms with Crippen molar-refractivity contribution in [1.82, 2.24) is 15.2 Å². The minimum Gasteiger partial charge on any atom is -0.368 e. The van der Waals surface area contributed by atoms with Gasteiger partial charge in [0.05, 0.1) is 12.3 Å². The Hall–Kier alpha value is -2.11. The molecule has 5 heteroatoms. The summed E-state index contributed by atoms with van der Waals surface area (Å²) in [6, 6.07) is 8.35. The van der Waals surface area contributed by atoms with Gasteiger partial charge in [-0.15, -0.1) is 0 Å². The smallest absolute Gasteiger partial charge is 0.243 e. The quantitative estimate of drug-likeness (QED) is 0.784. The Labute approximate surface area is 147 Å². The largest absolute Gasteiger partial charge is 0.368 e. The summed E-state index contributed by atoms with van der Waals surface area (Å²) in [5.74, 6) is 0.191. The second-order valence-corrected chi connectivity index (χ2v) is 7.26. The van der Waals surface area contributed by atoms with Crippen molar-refractivity contribution in [2.45, 2.75) is 30.9 Å². The van der Waals surface area contributed by atoms with Gasteiger partial charge < -0.3 is 14.6 Å². The van der Waals surface area contributed by atoms with E-state index in [4.69, 9.17) is 4.74 Å². The summed E-state index contributed by atoms with van der Waals surface area (Å²) in [5.41, 5.74) is 3.58. The summed E-state index contributed by atoms with van der Waals surface area (Å²) in [5, 5.41) is 4.54. The zero-order valence-electron chi connectivity index (χ0n) is 14.3. The van der Waals surface area contributed by atoms with Gasteiger partial charge in [0, 0.05) is 30.5 Å². The number of piperidine rings is 1. The van der Waals surface area contributed by atoms with Crippen molar-refractivity contribution in [3.8, 4) is 0 Å². The van der Waals surface area contributed by atoms with E-state index >= 15 is 0 Å². The van der Waals surface area contributed by atoms with Crippen LogP contribution < -0.4 is 5.32 Å². The van der Waals surface area contributed by atoms with Gasteiger partial charge in [-0.25, -0.2) is 0 Å². The molecule has 1 fully saturated rings. The Morgan fingerprint density at radius 2 is 2.08 bits per heavy atom. The van der Waals surface area contributed by atoms with E-state index in [1.807, 2.05) is 17.1 Å². The van der Waals surface area contributed by atoms with Crippen LogP contribution in [0.3, 0.4) is 0 Å². The number of para-hydroxylation sites is 1. The first kappa shape index (κ1) is 15.2. The van der Waals surface area contributed by atoms with Crippen LogP contribution in [0.1, 0.15) is 24.1 Å². The highest BCUT2D eigenvalue weighted by Crippen LogP contribution is 2.43. The number of amides is 1. The molecule has 0 bridgehead atoms. The Morgan fingerprint density at radius 3 is 2.88 bits per heavy atom.